The number of carbonyl (C=O) groups excluding carboxylic acids is 2. The van der Waals surface area contributed by atoms with Crippen molar-refractivity contribution in [3.8, 4) is 0 Å². The van der Waals surface area contributed by atoms with Crippen molar-refractivity contribution in [1.29, 1.82) is 0 Å². The highest BCUT2D eigenvalue weighted by molar-refractivity contribution is 7.90. The van der Waals surface area contributed by atoms with Crippen LogP contribution >= 0.6 is 0 Å². The summed E-state index contributed by atoms with van der Waals surface area (Å²) in [6, 6.07) is 5.03. The number of carbonyl (C=O) groups is 2. The number of hydrogen-bond donors (Lipinski definition) is 2. The number of urea groups is 1. The maximum atomic E-state index is 12.4. The van der Waals surface area contributed by atoms with E-state index < -0.39 is 21.3 Å². The molecule has 0 heterocycles. The van der Waals surface area contributed by atoms with Crippen LogP contribution in [0.25, 0.3) is 0 Å². The molecule has 0 radical (unpaired) electrons. The second-order valence-corrected chi connectivity index (χ2v) is 9.44. The van der Waals surface area contributed by atoms with Crippen LogP contribution in [-0.4, -0.2) is 25.5 Å². The third-order valence-corrected chi connectivity index (χ3v) is 6.47. The van der Waals surface area contributed by atoms with Crippen LogP contribution in [0.15, 0.2) is 18.2 Å². The lowest BCUT2D eigenvalue weighted by molar-refractivity contribution is -0.120. The first kappa shape index (κ1) is 20.4. The van der Waals surface area contributed by atoms with Gasteiger partial charge in [0.2, 0.25) is 10.0 Å². The molecule has 144 valence electrons. The molecule has 2 rings (SSSR count). The summed E-state index contributed by atoms with van der Waals surface area (Å²) < 4.78 is 27.0. The van der Waals surface area contributed by atoms with Crippen molar-refractivity contribution in [1.82, 2.24) is 4.72 Å². The molecule has 7 heteroatoms. The Balaban J connectivity index is 2.21. The summed E-state index contributed by atoms with van der Waals surface area (Å²) in [5.41, 5.74) is 2.57. The molecule has 26 heavy (non-hydrogen) atoms. The SMILES string of the molecule is CC(C)c1cccc(C(C)C)c1NC(=O)NS(=O)(=O)C1CCCC(=O)C1. The van der Waals surface area contributed by atoms with Crippen LogP contribution < -0.4 is 10.0 Å². The van der Waals surface area contributed by atoms with E-state index in [0.717, 1.165) is 11.1 Å². The smallest absolute Gasteiger partial charge is 0.307 e. The van der Waals surface area contributed by atoms with E-state index in [9.17, 15) is 18.0 Å². The Kier molecular flexibility index (Phi) is 6.44. The number of amides is 2. The highest BCUT2D eigenvalue weighted by Gasteiger charge is 2.32. The van der Waals surface area contributed by atoms with Crippen LogP contribution in [-0.2, 0) is 14.8 Å². The molecule has 6 nitrogen and oxygen atoms in total. The molecule has 0 spiro atoms. The molecule has 0 saturated heterocycles. The fraction of sp³-hybridized carbons (Fsp3) is 0.579. The molecule has 2 N–H and O–H groups in total. The number of Topliss-reactive ketones (excluding diaryl/α,β-unsaturated/α-hetero) is 1. The Labute approximate surface area is 155 Å². The molecule has 1 saturated carbocycles. The number of para-hydroxylation sites is 1. The standard InChI is InChI=1S/C19H28N2O4S/c1-12(2)16-9-6-10-17(13(3)4)18(16)20-19(23)21-26(24,25)15-8-5-7-14(22)11-15/h6,9-10,12-13,15H,5,7-8,11H2,1-4H3,(H2,20,21,23). The van der Waals surface area contributed by atoms with Crippen LogP contribution in [0.1, 0.15) is 76.3 Å². The molecule has 1 aliphatic rings. The average molecular weight is 381 g/mol. The van der Waals surface area contributed by atoms with E-state index in [1.54, 1.807) is 0 Å². The zero-order valence-corrected chi connectivity index (χ0v) is 16.7. The lowest BCUT2D eigenvalue weighted by Gasteiger charge is -2.23. The molecule has 1 unspecified atom stereocenters. The zero-order chi connectivity index (χ0) is 19.5. The molecule has 0 bridgehead atoms. The summed E-state index contributed by atoms with van der Waals surface area (Å²) in [7, 11) is -3.88. The molecule has 0 aromatic heterocycles. The maximum Gasteiger partial charge on any atom is 0.332 e. The lowest BCUT2D eigenvalue weighted by atomic mass is 9.93. The molecule has 2 amide bonds. The fourth-order valence-corrected chi connectivity index (χ4v) is 4.66. The summed E-state index contributed by atoms with van der Waals surface area (Å²) in [4.78, 5) is 24.0. The van der Waals surface area contributed by atoms with E-state index in [1.807, 2.05) is 45.9 Å². The third kappa shape index (κ3) is 4.84. The highest BCUT2D eigenvalue weighted by Crippen LogP contribution is 2.32. The first-order valence-electron chi connectivity index (χ1n) is 9.09. The van der Waals surface area contributed by atoms with Gasteiger partial charge in [0, 0.05) is 18.5 Å². The number of sulfonamides is 1. The van der Waals surface area contributed by atoms with Gasteiger partial charge in [-0.1, -0.05) is 45.9 Å². The maximum absolute atomic E-state index is 12.4. The molecule has 1 aliphatic carbocycles. The van der Waals surface area contributed by atoms with E-state index in [0.29, 0.717) is 24.9 Å². The van der Waals surface area contributed by atoms with Gasteiger partial charge in [0.15, 0.2) is 0 Å². The van der Waals surface area contributed by atoms with E-state index in [-0.39, 0.29) is 24.0 Å². The Morgan fingerprint density at radius 2 is 1.69 bits per heavy atom. The molecular formula is C19H28N2O4S. The normalized spacial score (nSPS) is 18.2. The summed E-state index contributed by atoms with van der Waals surface area (Å²) in [6.07, 6.45) is 1.33. The number of ketones is 1. The molecule has 1 fully saturated rings. The minimum atomic E-state index is -3.88. The van der Waals surface area contributed by atoms with Crippen molar-refractivity contribution in [2.45, 2.75) is 70.5 Å². The van der Waals surface area contributed by atoms with Crippen LogP contribution in [0.4, 0.5) is 10.5 Å². The van der Waals surface area contributed by atoms with Gasteiger partial charge in [-0.05, 0) is 35.8 Å². The van der Waals surface area contributed by atoms with Gasteiger partial charge in [0.25, 0.3) is 0 Å². The number of anilines is 1. The quantitative estimate of drug-likeness (QED) is 0.810. The number of benzene rings is 1. The van der Waals surface area contributed by atoms with Crippen LogP contribution in [0.3, 0.4) is 0 Å². The van der Waals surface area contributed by atoms with Gasteiger partial charge in [-0.15, -0.1) is 0 Å². The highest BCUT2D eigenvalue weighted by atomic mass is 32.2. The van der Waals surface area contributed by atoms with Crippen LogP contribution in [0.5, 0.6) is 0 Å². The van der Waals surface area contributed by atoms with Crippen molar-refractivity contribution in [3.05, 3.63) is 29.3 Å². The molecular weight excluding hydrogens is 352 g/mol. The predicted molar refractivity (Wildman–Crippen MR) is 103 cm³/mol. The summed E-state index contributed by atoms with van der Waals surface area (Å²) in [5, 5.41) is 1.90. The van der Waals surface area contributed by atoms with Crippen molar-refractivity contribution in [3.63, 3.8) is 0 Å². The monoisotopic (exact) mass is 380 g/mol. The topological polar surface area (TPSA) is 92.3 Å². The lowest BCUT2D eigenvalue weighted by Crippen LogP contribution is -2.42. The van der Waals surface area contributed by atoms with E-state index in [1.165, 1.54) is 0 Å². The fourth-order valence-electron chi connectivity index (χ4n) is 3.30. The van der Waals surface area contributed by atoms with Gasteiger partial charge >= 0.3 is 6.03 Å². The van der Waals surface area contributed by atoms with Gasteiger partial charge in [-0.3, -0.25) is 4.79 Å². The van der Waals surface area contributed by atoms with E-state index >= 15 is 0 Å². The number of rotatable bonds is 5. The molecule has 0 aliphatic heterocycles. The second kappa shape index (κ2) is 8.20. The number of hydrogen-bond acceptors (Lipinski definition) is 4. The van der Waals surface area contributed by atoms with Crippen LogP contribution in [0, 0.1) is 0 Å². The summed E-state index contributed by atoms with van der Waals surface area (Å²) in [5.74, 6) is 0.285. The zero-order valence-electron chi connectivity index (χ0n) is 15.8. The number of nitrogens with one attached hydrogen (secondary N) is 2. The van der Waals surface area contributed by atoms with Crippen molar-refractivity contribution in [2.24, 2.45) is 0 Å². The van der Waals surface area contributed by atoms with Gasteiger partial charge in [0.1, 0.15) is 5.78 Å². The summed E-state index contributed by atoms with van der Waals surface area (Å²) >= 11 is 0. The Morgan fingerprint density at radius 1 is 1.12 bits per heavy atom. The third-order valence-electron chi connectivity index (χ3n) is 4.72. The molecule has 1 atom stereocenters. The molecule has 1 aromatic rings. The average Bonchev–Trinajstić information content (AvgIpc) is 2.54. The first-order chi connectivity index (χ1) is 12.1. The van der Waals surface area contributed by atoms with Crippen molar-refractivity contribution >= 4 is 27.5 Å². The van der Waals surface area contributed by atoms with Gasteiger partial charge in [0.05, 0.1) is 5.25 Å². The summed E-state index contributed by atoms with van der Waals surface area (Å²) in [6.45, 7) is 8.08. The second-order valence-electron chi connectivity index (χ2n) is 7.48. The predicted octanol–water partition coefficient (Wildman–Crippen LogP) is 3.90. The first-order valence-corrected chi connectivity index (χ1v) is 10.6. The minimum Gasteiger partial charge on any atom is -0.307 e. The van der Waals surface area contributed by atoms with Gasteiger partial charge in [-0.2, -0.15) is 0 Å². The van der Waals surface area contributed by atoms with E-state index in [4.69, 9.17) is 0 Å². The Hall–Kier alpha value is -1.89. The van der Waals surface area contributed by atoms with Gasteiger partial charge in [-0.25, -0.2) is 17.9 Å². The largest absolute Gasteiger partial charge is 0.332 e. The van der Waals surface area contributed by atoms with Crippen molar-refractivity contribution < 1.29 is 18.0 Å². The Bertz CT molecular complexity index is 758. The Morgan fingerprint density at radius 3 is 2.19 bits per heavy atom. The van der Waals surface area contributed by atoms with E-state index in [2.05, 4.69) is 10.0 Å². The van der Waals surface area contributed by atoms with Crippen molar-refractivity contribution in [2.75, 3.05) is 5.32 Å². The van der Waals surface area contributed by atoms with Gasteiger partial charge < -0.3 is 5.32 Å². The molecule has 1 aromatic carbocycles. The minimum absolute atomic E-state index is 0.0254. The van der Waals surface area contributed by atoms with Crippen LogP contribution in [0.2, 0.25) is 0 Å².